The molecule has 5 rings (SSSR count). The molecule has 2 aromatic heterocycles. The summed E-state index contributed by atoms with van der Waals surface area (Å²) in [6.07, 6.45) is 5.61. The molecule has 138 valence electrons. The largest absolute Gasteiger partial charge is 0.342 e. The van der Waals surface area contributed by atoms with Crippen LogP contribution >= 0.6 is 23.1 Å². The van der Waals surface area contributed by atoms with E-state index in [0.717, 1.165) is 24.3 Å². The van der Waals surface area contributed by atoms with Crippen molar-refractivity contribution in [3.05, 3.63) is 53.0 Å². The van der Waals surface area contributed by atoms with Gasteiger partial charge in [0.2, 0.25) is 5.91 Å². The lowest BCUT2D eigenvalue weighted by molar-refractivity contribution is -0.138. The van der Waals surface area contributed by atoms with E-state index in [1.54, 1.807) is 23.1 Å². The molecule has 2 atom stereocenters. The number of benzene rings is 1. The Hall–Kier alpha value is -1.85. The standard InChI is InChI=1S/C22H22N2OS2/c1-22-10-7-20(25)24(2)19(22)6-3-14-13-15(4-5-17(14)22)27-21-16-9-12-26-18(16)8-11-23-21/h4-5,8-9,11-13,19H,3,6-7,10H2,1-2H3/t19-,22-/m1/s1. The summed E-state index contributed by atoms with van der Waals surface area (Å²) in [6.45, 7) is 2.35. The second kappa shape index (κ2) is 6.35. The molecule has 0 radical (unpaired) electrons. The van der Waals surface area contributed by atoms with Gasteiger partial charge in [0.05, 0.1) is 0 Å². The van der Waals surface area contributed by atoms with Crippen LogP contribution in [0, 0.1) is 0 Å². The van der Waals surface area contributed by atoms with Crippen LogP contribution < -0.4 is 0 Å². The number of amides is 1. The molecule has 1 fully saturated rings. The normalized spacial score (nSPS) is 24.7. The average Bonchev–Trinajstić information content (AvgIpc) is 3.15. The van der Waals surface area contributed by atoms with Gasteiger partial charge in [-0.25, -0.2) is 4.98 Å². The molecule has 2 aliphatic rings. The number of hydrogen-bond acceptors (Lipinski definition) is 4. The summed E-state index contributed by atoms with van der Waals surface area (Å²) in [5.74, 6) is 0.294. The Kier molecular flexibility index (Phi) is 4.06. The van der Waals surface area contributed by atoms with Crippen LogP contribution in [0.4, 0.5) is 0 Å². The highest BCUT2D eigenvalue weighted by Crippen LogP contribution is 2.46. The van der Waals surface area contributed by atoms with Gasteiger partial charge in [-0.15, -0.1) is 11.3 Å². The maximum Gasteiger partial charge on any atom is 0.222 e. The zero-order valence-electron chi connectivity index (χ0n) is 15.6. The van der Waals surface area contributed by atoms with Crippen LogP contribution in [0.2, 0.25) is 0 Å². The number of aryl methyl sites for hydroxylation is 1. The topological polar surface area (TPSA) is 33.2 Å². The quantitative estimate of drug-likeness (QED) is 0.593. The van der Waals surface area contributed by atoms with Gasteiger partial charge in [0.15, 0.2) is 0 Å². The minimum atomic E-state index is 0.0745. The Morgan fingerprint density at radius 2 is 2.15 bits per heavy atom. The van der Waals surface area contributed by atoms with Crippen molar-refractivity contribution >= 4 is 39.1 Å². The molecular formula is C22H22N2OS2. The fourth-order valence-corrected chi connectivity index (χ4v) is 6.70. The van der Waals surface area contributed by atoms with E-state index in [4.69, 9.17) is 0 Å². The molecule has 0 N–H and O–H groups in total. The first-order chi connectivity index (χ1) is 13.1. The summed E-state index contributed by atoms with van der Waals surface area (Å²) in [5.41, 5.74) is 2.95. The summed E-state index contributed by atoms with van der Waals surface area (Å²) in [5, 5.41) is 4.45. The van der Waals surface area contributed by atoms with Crippen LogP contribution in [-0.4, -0.2) is 28.9 Å². The maximum atomic E-state index is 12.2. The Bertz CT molecular complexity index is 1040. The molecule has 0 bridgehead atoms. The number of piperidine rings is 1. The molecule has 0 saturated carbocycles. The lowest BCUT2D eigenvalue weighted by Crippen LogP contribution is -2.56. The predicted molar refractivity (Wildman–Crippen MR) is 112 cm³/mol. The van der Waals surface area contributed by atoms with E-state index < -0.39 is 0 Å². The monoisotopic (exact) mass is 394 g/mol. The van der Waals surface area contributed by atoms with Crippen molar-refractivity contribution in [2.24, 2.45) is 0 Å². The smallest absolute Gasteiger partial charge is 0.222 e. The molecule has 1 aliphatic heterocycles. The molecule has 0 unspecified atom stereocenters. The van der Waals surface area contributed by atoms with Gasteiger partial charge < -0.3 is 4.90 Å². The third-order valence-corrected chi connectivity index (χ3v) is 8.28. The van der Waals surface area contributed by atoms with E-state index in [9.17, 15) is 4.79 Å². The van der Waals surface area contributed by atoms with Gasteiger partial charge in [-0.05, 0) is 60.0 Å². The van der Waals surface area contributed by atoms with Gasteiger partial charge in [0.25, 0.3) is 0 Å². The number of thiophene rings is 1. The number of carbonyl (C=O) groups is 1. The van der Waals surface area contributed by atoms with Crippen LogP contribution in [0.3, 0.4) is 0 Å². The first kappa shape index (κ1) is 17.3. The van der Waals surface area contributed by atoms with Crippen molar-refractivity contribution in [2.45, 2.75) is 54.0 Å². The number of aromatic nitrogens is 1. The number of nitrogens with zero attached hydrogens (tertiary/aromatic N) is 2. The minimum Gasteiger partial charge on any atom is -0.342 e. The molecule has 1 amide bonds. The minimum absolute atomic E-state index is 0.0745. The molecule has 27 heavy (non-hydrogen) atoms. The van der Waals surface area contributed by atoms with Gasteiger partial charge in [0, 0.05) is 46.1 Å². The number of fused-ring (bicyclic) bond motifs is 4. The van der Waals surface area contributed by atoms with Crippen LogP contribution in [0.15, 0.2) is 51.8 Å². The summed E-state index contributed by atoms with van der Waals surface area (Å²) in [4.78, 5) is 20.0. The fraction of sp³-hybridized carbons (Fsp3) is 0.364. The third-order valence-electron chi connectivity index (χ3n) is 6.39. The molecule has 5 heteroatoms. The number of likely N-dealkylation sites (tertiary alicyclic amines) is 1. The van der Waals surface area contributed by atoms with Crippen LogP contribution in [-0.2, 0) is 16.6 Å². The lowest BCUT2D eigenvalue weighted by Gasteiger charge is -2.50. The van der Waals surface area contributed by atoms with E-state index >= 15 is 0 Å². The summed E-state index contributed by atoms with van der Waals surface area (Å²) >= 11 is 3.52. The van der Waals surface area contributed by atoms with E-state index in [2.05, 4.69) is 47.6 Å². The first-order valence-electron chi connectivity index (χ1n) is 9.45. The lowest BCUT2D eigenvalue weighted by atomic mass is 9.63. The molecule has 3 heterocycles. The van der Waals surface area contributed by atoms with Crippen molar-refractivity contribution in [1.82, 2.24) is 9.88 Å². The van der Waals surface area contributed by atoms with Crippen molar-refractivity contribution < 1.29 is 4.79 Å². The Morgan fingerprint density at radius 1 is 1.26 bits per heavy atom. The highest BCUT2D eigenvalue weighted by molar-refractivity contribution is 7.99. The van der Waals surface area contributed by atoms with Crippen molar-refractivity contribution in [2.75, 3.05) is 7.05 Å². The average molecular weight is 395 g/mol. The molecule has 0 spiro atoms. The van der Waals surface area contributed by atoms with Crippen LogP contribution in [0.5, 0.6) is 0 Å². The first-order valence-corrected chi connectivity index (χ1v) is 11.1. The SMILES string of the molecule is CN1C(=O)CC[C@]2(C)c3ccc(Sc4nccc5sccc45)cc3CC[C@@H]12. The second-order valence-electron chi connectivity index (χ2n) is 7.85. The molecule has 1 aromatic carbocycles. The van der Waals surface area contributed by atoms with Gasteiger partial charge in [-0.1, -0.05) is 24.8 Å². The highest BCUT2D eigenvalue weighted by atomic mass is 32.2. The predicted octanol–water partition coefficient (Wildman–Crippen LogP) is 5.27. The van der Waals surface area contributed by atoms with Crippen molar-refractivity contribution in [3.63, 3.8) is 0 Å². The van der Waals surface area contributed by atoms with Gasteiger partial charge >= 0.3 is 0 Å². The Balaban J connectivity index is 1.49. The van der Waals surface area contributed by atoms with Gasteiger partial charge in [0.1, 0.15) is 5.03 Å². The number of likely N-dealkylation sites (N-methyl/N-ethyl adjacent to an activating group) is 1. The zero-order chi connectivity index (χ0) is 18.6. The Labute approximate surface area is 167 Å². The highest BCUT2D eigenvalue weighted by Gasteiger charge is 2.46. The molecule has 3 aromatic rings. The van der Waals surface area contributed by atoms with E-state index in [-0.39, 0.29) is 5.41 Å². The summed E-state index contributed by atoms with van der Waals surface area (Å²) in [6, 6.07) is 11.5. The fourth-order valence-electron chi connectivity index (χ4n) is 4.89. The third kappa shape index (κ3) is 2.71. The van der Waals surface area contributed by atoms with Crippen molar-refractivity contribution in [3.8, 4) is 0 Å². The summed E-state index contributed by atoms with van der Waals surface area (Å²) < 4.78 is 1.29. The Morgan fingerprint density at radius 3 is 3.04 bits per heavy atom. The van der Waals surface area contributed by atoms with Gasteiger partial charge in [-0.2, -0.15) is 0 Å². The zero-order valence-corrected chi connectivity index (χ0v) is 17.2. The maximum absolute atomic E-state index is 12.2. The van der Waals surface area contributed by atoms with E-state index in [1.807, 2.05) is 18.1 Å². The number of rotatable bonds is 2. The van der Waals surface area contributed by atoms with Crippen LogP contribution in [0.1, 0.15) is 37.3 Å². The van der Waals surface area contributed by atoms with Crippen molar-refractivity contribution in [1.29, 1.82) is 0 Å². The van der Waals surface area contributed by atoms with Gasteiger partial charge in [-0.3, -0.25) is 4.79 Å². The molecule has 1 aliphatic carbocycles. The molecule has 3 nitrogen and oxygen atoms in total. The number of carbonyl (C=O) groups excluding carboxylic acids is 1. The number of hydrogen-bond donors (Lipinski definition) is 0. The van der Waals surface area contributed by atoms with Crippen LogP contribution in [0.25, 0.3) is 10.1 Å². The molecule has 1 saturated heterocycles. The second-order valence-corrected chi connectivity index (χ2v) is 9.86. The van der Waals surface area contributed by atoms with E-state index in [1.165, 1.54) is 26.1 Å². The van der Waals surface area contributed by atoms with E-state index in [0.29, 0.717) is 18.4 Å². The number of pyridine rings is 1. The molecular weight excluding hydrogens is 372 g/mol. The summed E-state index contributed by atoms with van der Waals surface area (Å²) in [7, 11) is 1.98.